The second-order valence-electron chi connectivity index (χ2n) is 7.77. The highest BCUT2D eigenvalue weighted by Crippen LogP contribution is 2.29. The van der Waals surface area contributed by atoms with Gasteiger partial charge in [-0.05, 0) is 60.0 Å². The lowest BCUT2D eigenvalue weighted by Gasteiger charge is -2.39. The summed E-state index contributed by atoms with van der Waals surface area (Å²) < 4.78 is 0. The quantitative estimate of drug-likeness (QED) is 0.393. The van der Waals surface area contributed by atoms with Crippen LogP contribution in [0.3, 0.4) is 0 Å². The van der Waals surface area contributed by atoms with Crippen molar-refractivity contribution in [2.45, 2.75) is 12.5 Å². The Labute approximate surface area is 207 Å². The number of hydrogen-bond donors (Lipinski definition) is 2. The number of likely N-dealkylation sites (tertiary alicyclic amines) is 1. The van der Waals surface area contributed by atoms with E-state index >= 15 is 0 Å². The van der Waals surface area contributed by atoms with Crippen molar-refractivity contribution in [2.75, 3.05) is 17.6 Å². The predicted molar refractivity (Wildman–Crippen MR) is 137 cm³/mol. The number of pyridine rings is 1. The standard InChI is InChI=1S/C25H21N5O2S.ClH/c26-20-6-4-17(5-7-20)24(32)30-13-10-22(30)23(31)29-25-28-21(15-33-25)19-3-1-2-18(14-19)16-8-11-27-12-9-16;/h1-9,11-12,14-15,22H,10,13,26H2,(H,28,29,31);1H. The molecule has 1 saturated heterocycles. The minimum absolute atomic E-state index is 0. The van der Waals surface area contributed by atoms with Gasteiger partial charge in [0.25, 0.3) is 5.91 Å². The molecule has 5 rings (SSSR count). The average Bonchev–Trinajstić information content (AvgIpc) is 3.28. The maximum absolute atomic E-state index is 12.8. The summed E-state index contributed by atoms with van der Waals surface area (Å²) in [7, 11) is 0. The zero-order chi connectivity index (χ0) is 22.8. The predicted octanol–water partition coefficient (Wildman–Crippen LogP) is 4.73. The molecule has 0 saturated carbocycles. The average molecular weight is 492 g/mol. The van der Waals surface area contributed by atoms with Crippen LogP contribution in [0.4, 0.5) is 10.8 Å². The van der Waals surface area contributed by atoms with Crippen molar-refractivity contribution in [3.8, 4) is 22.4 Å². The van der Waals surface area contributed by atoms with E-state index < -0.39 is 6.04 Å². The SMILES string of the molecule is Cl.Nc1ccc(C(=O)N2CCC2C(=O)Nc2nc(-c3cccc(-c4ccncc4)c3)cs2)cc1. The Morgan fingerprint density at radius 3 is 2.44 bits per heavy atom. The Kier molecular flexibility index (Phi) is 6.90. The molecular formula is C25H22ClN5O2S. The molecule has 1 atom stereocenters. The normalized spacial score (nSPS) is 14.6. The summed E-state index contributed by atoms with van der Waals surface area (Å²) in [4.78, 5) is 35.8. The molecule has 1 aliphatic heterocycles. The number of aromatic nitrogens is 2. The Morgan fingerprint density at radius 2 is 1.74 bits per heavy atom. The molecule has 2 aromatic carbocycles. The molecule has 3 N–H and O–H groups in total. The number of nitrogens with two attached hydrogens (primary N) is 1. The summed E-state index contributed by atoms with van der Waals surface area (Å²) in [6.07, 6.45) is 4.15. The first-order chi connectivity index (χ1) is 16.1. The summed E-state index contributed by atoms with van der Waals surface area (Å²) in [6.45, 7) is 0.548. The number of carbonyl (C=O) groups is 2. The lowest BCUT2D eigenvalue weighted by molar-refractivity contribution is -0.123. The molecule has 4 aromatic rings. The number of halogens is 1. The molecular weight excluding hydrogens is 470 g/mol. The van der Waals surface area contributed by atoms with Gasteiger partial charge in [0.2, 0.25) is 5.91 Å². The molecule has 7 nitrogen and oxygen atoms in total. The number of hydrogen-bond acceptors (Lipinski definition) is 6. The molecule has 1 aliphatic rings. The summed E-state index contributed by atoms with van der Waals surface area (Å²) in [5.74, 6) is -0.398. The van der Waals surface area contributed by atoms with Gasteiger partial charge in [-0.2, -0.15) is 0 Å². The first-order valence-electron chi connectivity index (χ1n) is 10.5. The van der Waals surface area contributed by atoms with Gasteiger partial charge in [0, 0.05) is 41.1 Å². The number of benzene rings is 2. The summed E-state index contributed by atoms with van der Waals surface area (Å²) in [5.41, 5.74) is 10.7. The van der Waals surface area contributed by atoms with Crippen molar-refractivity contribution >= 4 is 46.4 Å². The molecule has 0 bridgehead atoms. The van der Waals surface area contributed by atoms with Gasteiger partial charge in [0.05, 0.1) is 5.69 Å². The maximum atomic E-state index is 12.8. The van der Waals surface area contributed by atoms with Crippen molar-refractivity contribution in [3.63, 3.8) is 0 Å². The highest BCUT2D eigenvalue weighted by atomic mass is 35.5. The molecule has 9 heteroatoms. The van der Waals surface area contributed by atoms with Crippen LogP contribution in [0.2, 0.25) is 0 Å². The van der Waals surface area contributed by atoms with E-state index in [0.29, 0.717) is 29.3 Å². The Balaban J connectivity index is 0.00000274. The number of amides is 2. The van der Waals surface area contributed by atoms with Crippen LogP contribution in [0, 0.1) is 0 Å². The highest BCUT2D eigenvalue weighted by molar-refractivity contribution is 7.14. The van der Waals surface area contributed by atoms with E-state index in [2.05, 4.69) is 21.4 Å². The van der Waals surface area contributed by atoms with E-state index in [9.17, 15) is 9.59 Å². The largest absolute Gasteiger partial charge is 0.399 e. The Hall–Kier alpha value is -3.75. The number of nitrogens with one attached hydrogen (secondary N) is 1. The first-order valence-corrected chi connectivity index (χ1v) is 11.4. The molecule has 2 aromatic heterocycles. The van der Waals surface area contributed by atoms with Crippen LogP contribution in [-0.4, -0.2) is 39.3 Å². The van der Waals surface area contributed by atoms with E-state index in [1.54, 1.807) is 41.6 Å². The topological polar surface area (TPSA) is 101 Å². The number of anilines is 2. The maximum Gasteiger partial charge on any atom is 0.254 e. The fourth-order valence-electron chi connectivity index (χ4n) is 3.75. The summed E-state index contributed by atoms with van der Waals surface area (Å²) in [5, 5.41) is 5.30. The van der Waals surface area contributed by atoms with Crippen LogP contribution in [0.25, 0.3) is 22.4 Å². The molecule has 2 amide bonds. The van der Waals surface area contributed by atoms with Gasteiger partial charge in [-0.25, -0.2) is 4.98 Å². The molecule has 3 heterocycles. The minimum Gasteiger partial charge on any atom is -0.399 e. The molecule has 0 radical (unpaired) electrons. The molecule has 34 heavy (non-hydrogen) atoms. The number of nitrogens with zero attached hydrogens (tertiary/aromatic N) is 3. The number of carbonyl (C=O) groups excluding carboxylic acids is 2. The van der Waals surface area contributed by atoms with Crippen molar-refractivity contribution in [1.82, 2.24) is 14.9 Å². The Bertz CT molecular complexity index is 1310. The molecule has 0 aliphatic carbocycles. The molecule has 1 fully saturated rings. The number of rotatable bonds is 5. The smallest absolute Gasteiger partial charge is 0.254 e. The van der Waals surface area contributed by atoms with Crippen LogP contribution in [0.15, 0.2) is 78.4 Å². The van der Waals surface area contributed by atoms with Crippen molar-refractivity contribution in [1.29, 1.82) is 0 Å². The van der Waals surface area contributed by atoms with Gasteiger partial charge in [0.15, 0.2) is 5.13 Å². The second kappa shape index (κ2) is 10.0. The summed E-state index contributed by atoms with van der Waals surface area (Å²) >= 11 is 1.36. The van der Waals surface area contributed by atoms with Gasteiger partial charge < -0.3 is 16.0 Å². The van der Waals surface area contributed by atoms with Crippen molar-refractivity contribution in [2.24, 2.45) is 0 Å². The zero-order valence-corrected chi connectivity index (χ0v) is 19.7. The van der Waals surface area contributed by atoms with Crippen LogP contribution in [0.1, 0.15) is 16.8 Å². The third-order valence-corrected chi connectivity index (χ3v) is 6.40. The van der Waals surface area contributed by atoms with E-state index in [1.807, 2.05) is 35.7 Å². The fourth-order valence-corrected chi connectivity index (χ4v) is 4.47. The minimum atomic E-state index is -0.502. The van der Waals surface area contributed by atoms with Gasteiger partial charge >= 0.3 is 0 Å². The third-order valence-electron chi connectivity index (χ3n) is 5.65. The van der Waals surface area contributed by atoms with Gasteiger partial charge in [0.1, 0.15) is 6.04 Å². The zero-order valence-electron chi connectivity index (χ0n) is 18.0. The molecule has 1 unspecified atom stereocenters. The van der Waals surface area contributed by atoms with Gasteiger partial charge in [-0.1, -0.05) is 18.2 Å². The third kappa shape index (κ3) is 4.78. The van der Waals surface area contributed by atoms with Crippen LogP contribution in [-0.2, 0) is 4.79 Å². The summed E-state index contributed by atoms with van der Waals surface area (Å²) in [6, 6.07) is 18.2. The van der Waals surface area contributed by atoms with E-state index in [0.717, 1.165) is 22.4 Å². The number of thiazole rings is 1. The van der Waals surface area contributed by atoms with Gasteiger partial charge in [-0.15, -0.1) is 23.7 Å². The molecule has 172 valence electrons. The highest BCUT2D eigenvalue weighted by Gasteiger charge is 2.38. The monoisotopic (exact) mass is 491 g/mol. The van der Waals surface area contributed by atoms with Crippen LogP contribution < -0.4 is 11.1 Å². The fraction of sp³-hybridized carbons (Fsp3) is 0.120. The molecule has 0 spiro atoms. The number of nitrogen functional groups attached to an aromatic ring is 1. The van der Waals surface area contributed by atoms with Crippen molar-refractivity contribution in [3.05, 3.63) is 84.0 Å². The first kappa shape index (κ1) is 23.4. The van der Waals surface area contributed by atoms with E-state index in [-0.39, 0.29) is 24.2 Å². The lowest BCUT2D eigenvalue weighted by atomic mass is 10.0. The van der Waals surface area contributed by atoms with E-state index in [1.165, 1.54) is 11.3 Å². The van der Waals surface area contributed by atoms with Crippen LogP contribution in [0.5, 0.6) is 0 Å². The van der Waals surface area contributed by atoms with Crippen LogP contribution >= 0.6 is 23.7 Å². The van der Waals surface area contributed by atoms with Crippen molar-refractivity contribution < 1.29 is 9.59 Å². The Morgan fingerprint density at radius 1 is 1.00 bits per heavy atom. The second-order valence-corrected chi connectivity index (χ2v) is 8.63. The van der Waals surface area contributed by atoms with Gasteiger partial charge in [-0.3, -0.25) is 14.6 Å². The van der Waals surface area contributed by atoms with E-state index in [4.69, 9.17) is 5.73 Å². The lowest BCUT2D eigenvalue weighted by Crippen LogP contribution is -2.56.